The van der Waals surface area contributed by atoms with E-state index in [-0.39, 0.29) is 5.41 Å². The number of rotatable bonds is 6. The van der Waals surface area contributed by atoms with E-state index in [1.165, 1.54) is 23.4 Å². The molecule has 3 rings (SSSR count). The van der Waals surface area contributed by atoms with Crippen molar-refractivity contribution in [2.45, 2.75) is 38.6 Å². The number of hydrogen-bond acceptors (Lipinski definition) is 4. The fourth-order valence-electron chi connectivity index (χ4n) is 2.49. The van der Waals surface area contributed by atoms with Crippen LogP contribution >= 0.6 is 11.3 Å². The van der Waals surface area contributed by atoms with Crippen LogP contribution in [0.1, 0.15) is 42.3 Å². The fourth-order valence-corrected chi connectivity index (χ4v) is 3.57. The summed E-state index contributed by atoms with van der Waals surface area (Å²) in [5.41, 5.74) is 1.55. The van der Waals surface area contributed by atoms with Crippen molar-refractivity contribution in [3.8, 4) is 0 Å². The van der Waals surface area contributed by atoms with Crippen LogP contribution in [0.2, 0.25) is 0 Å². The summed E-state index contributed by atoms with van der Waals surface area (Å²) in [5, 5.41) is 14.5. The Morgan fingerprint density at radius 3 is 2.60 bits per heavy atom. The molecule has 1 aromatic heterocycles. The zero-order chi connectivity index (χ0) is 14.0. The molecule has 106 valence electrons. The Bertz CT molecular complexity index is 558. The largest absolute Gasteiger partial charge is 0.310 e. The zero-order valence-corrected chi connectivity index (χ0v) is 12.9. The first-order chi connectivity index (χ1) is 9.71. The Balaban J connectivity index is 1.71. The van der Waals surface area contributed by atoms with Crippen molar-refractivity contribution in [2.75, 3.05) is 6.54 Å². The van der Waals surface area contributed by atoms with E-state index in [1.807, 2.05) is 0 Å². The van der Waals surface area contributed by atoms with E-state index in [9.17, 15) is 0 Å². The number of hydrogen-bond donors (Lipinski definition) is 1. The topological polar surface area (TPSA) is 37.8 Å². The molecule has 3 nitrogen and oxygen atoms in total. The van der Waals surface area contributed by atoms with Gasteiger partial charge in [-0.2, -0.15) is 0 Å². The van der Waals surface area contributed by atoms with Crippen LogP contribution in [0.15, 0.2) is 30.3 Å². The molecule has 1 aromatic carbocycles. The highest BCUT2D eigenvalue weighted by Gasteiger charge is 2.48. The number of benzene rings is 1. The monoisotopic (exact) mass is 287 g/mol. The second-order valence-electron chi connectivity index (χ2n) is 5.97. The third-order valence-corrected chi connectivity index (χ3v) is 4.91. The average molecular weight is 287 g/mol. The summed E-state index contributed by atoms with van der Waals surface area (Å²) in [6.45, 7) is 6.29. The normalized spacial score (nSPS) is 16.6. The molecule has 0 aliphatic heterocycles. The van der Waals surface area contributed by atoms with Gasteiger partial charge in [0, 0.05) is 12.0 Å². The highest BCUT2D eigenvalue weighted by Crippen LogP contribution is 2.54. The third kappa shape index (κ3) is 2.76. The van der Waals surface area contributed by atoms with E-state index >= 15 is 0 Å². The van der Waals surface area contributed by atoms with Gasteiger partial charge in [-0.15, -0.1) is 10.2 Å². The third-order valence-electron chi connectivity index (χ3n) is 3.78. The smallest absolute Gasteiger partial charge is 0.131 e. The molecule has 1 heterocycles. The summed E-state index contributed by atoms with van der Waals surface area (Å²) >= 11 is 1.76. The summed E-state index contributed by atoms with van der Waals surface area (Å²) in [7, 11) is 0. The quantitative estimate of drug-likeness (QED) is 0.885. The van der Waals surface area contributed by atoms with Gasteiger partial charge in [0.05, 0.1) is 0 Å². The predicted octanol–water partition coefficient (Wildman–Crippen LogP) is 3.36. The van der Waals surface area contributed by atoms with Gasteiger partial charge in [-0.1, -0.05) is 55.5 Å². The molecule has 0 amide bonds. The molecular weight excluding hydrogens is 266 g/mol. The van der Waals surface area contributed by atoms with Crippen LogP contribution in [0.25, 0.3) is 0 Å². The minimum absolute atomic E-state index is 0.162. The minimum atomic E-state index is 0.162. The molecule has 0 atom stereocenters. The maximum absolute atomic E-state index is 4.45. The summed E-state index contributed by atoms with van der Waals surface area (Å²) in [6, 6.07) is 10.7. The van der Waals surface area contributed by atoms with Gasteiger partial charge in [0.2, 0.25) is 0 Å². The van der Waals surface area contributed by atoms with Crippen LogP contribution in [0.5, 0.6) is 0 Å². The number of nitrogens with zero attached hydrogens (tertiary/aromatic N) is 2. The van der Waals surface area contributed by atoms with Gasteiger partial charge >= 0.3 is 0 Å². The Labute approximate surface area is 124 Å². The first-order valence-electron chi connectivity index (χ1n) is 7.30. The molecular formula is C16H21N3S. The van der Waals surface area contributed by atoms with E-state index < -0.39 is 0 Å². The van der Waals surface area contributed by atoms with Crippen LogP contribution in [-0.2, 0) is 12.0 Å². The minimum Gasteiger partial charge on any atom is -0.310 e. The highest BCUT2D eigenvalue weighted by molar-refractivity contribution is 7.11. The van der Waals surface area contributed by atoms with E-state index in [0.29, 0.717) is 5.92 Å². The Kier molecular flexibility index (Phi) is 3.85. The van der Waals surface area contributed by atoms with Gasteiger partial charge in [-0.3, -0.25) is 0 Å². The molecule has 0 bridgehead atoms. The van der Waals surface area contributed by atoms with Crippen molar-refractivity contribution in [1.29, 1.82) is 0 Å². The molecule has 2 aromatic rings. The van der Waals surface area contributed by atoms with Crippen molar-refractivity contribution in [1.82, 2.24) is 15.5 Å². The zero-order valence-electron chi connectivity index (χ0n) is 12.1. The summed E-state index contributed by atoms with van der Waals surface area (Å²) < 4.78 is 0. The molecule has 4 heteroatoms. The van der Waals surface area contributed by atoms with Crippen molar-refractivity contribution < 1.29 is 0 Å². The molecule has 1 aliphatic rings. The van der Waals surface area contributed by atoms with E-state index in [1.54, 1.807) is 11.3 Å². The lowest BCUT2D eigenvalue weighted by molar-refractivity contribution is 0.550. The molecule has 0 unspecified atom stereocenters. The van der Waals surface area contributed by atoms with Gasteiger partial charge < -0.3 is 5.32 Å². The van der Waals surface area contributed by atoms with E-state index in [4.69, 9.17) is 0 Å². The highest BCUT2D eigenvalue weighted by atomic mass is 32.1. The first kappa shape index (κ1) is 13.7. The molecule has 1 saturated carbocycles. The molecule has 1 aliphatic carbocycles. The second-order valence-corrected chi connectivity index (χ2v) is 7.04. The van der Waals surface area contributed by atoms with Gasteiger partial charge in [-0.25, -0.2) is 0 Å². The van der Waals surface area contributed by atoms with Crippen molar-refractivity contribution >= 4 is 11.3 Å². The van der Waals surface area contributed by atoms with Crippen LogP contribution < -0.4 is 5.32 Å². The average Bonchev–Trinajstić information content (AvgIpc) is 3.13. The fraction of sp³-hybridized carbons (Fsp3) is 0.500. The van der Waals surface area contributed by atoms with Crippen molar-refractivity contribution in [3.63, 3.8) is 0 Å². The molecule has 1 fully saturated rings. The van der Waals surface area contributed by atoms with Gasteiger partial charge in [0.15, 0.2) is 0 Å². The van der Waals surface area contributed by atoms with Crippen LogP contribution in [-0.4, -0.2) is 16.7 Å². The molecule has 0 spiro atoms. The van der Waals surface area contributed by atoms with Gasteiger partial charge in [0.25, 0.3) is 0 Å². The molecule has 20 heavy (non-hydrogen) atoms. The Hall–Kier alpha value is -1.26. The number of aromatic nitrogens is 2. The van der Waals surface area contributed by atoms with E-state index in [0.717, 1.165) is 18.1 Å². The maximum atomic E-state index is 4.45. The SMILES string of the molecule is CC(C)CNCc1nnc(C2(c3ccccc3)CC2)s1. The number of nitrogens with one attached hydrogen (secondary N) is 1. The maximum Gasteiger partial charge on any atom is 0.131 e. The van der Waals surface area contributed by atoms with Crippen LogP contribution in [0, 0.1) is 5.92 Å². The van der Waals surface area contributed by atoms with Crippen LogP contribution in [0.3, 0.4) is 0 Å². The van der Waals surface area contributed by atoms with Crippen molar-refractivity contribution in [2.24, 2.45) is 5.92 Å². The molecule has 0 radical (unpaired) electrons. The lowest BCUT2D eigenvalue weighted by Crippen LogP contribution is -2.18. The van der Waals surface area contributed by atoms with Gasteiger partial charge in [-0.05, 0) is 30.9 Å². The summed E-state index contributed by atoms with van der Waals surface area (Å²) in [5.74, 6) is 0.668. The second kappa shape index (κ2) is 5.62. The predicted molar refractivity (Wildman–Crippen MR) is 82.9 cm³/mol. The Morgan fingerprint density at radius 2 is 1.95 bits per heavy atom. The van der Waals surface area contributed by atoms with Crippen LogP contribution in [0.4, 0.5) is 0 Å². The van der Waals surface area contributed by atoms with E-state index in [2.05, 4.69) is 59.7 Å². The molecule has 0 saturated heterocycles. The lowest BCUT2D eigenvalue weighted by atomic mass is 9.97. The lowest BCUT2D eigenvalue weighted by Gasteiger charge is -2.11. The first-order valence-corrected chi connectivity index (χ1v) is 8.11. The standard InChI is InChI=1S/C16H21N3S/c1-12(2)10-17-11-14-18-19-15(20-14)16(8-9-16)13-6-4-3-5-7-13/h3-7,12,17H,8-11H2,1-2H3. The van der Waals surface area contributed by atoms with Gasteiger partial charge in [0.1, 0.15) is 10.0 Å². The Morgan fingerprint density at radius 1 is 1.20 bits per heavy atom. The van der Waals surface area contributed by atoms with Crippen molar-refractivity contribution in [3.05, 3.63) is 45.9 Å². The summed E-state index contributed by atoms with van der Waals surface area (Å²) in [4.78, 5) is 0. The summed E-state index contributed by atoms with van der Waals surface area (Å²) in [6.07, 6.45) is 2.40. The molecule has 1 N–H and O–H groups in total.